The van der Waals surface area contributed by atoms with E-state index in [9.17, 15) is 20.1 Å². The number of carbonyl (C=O) groups is 1. The maximum Gasteiger partial charge on any atom is 0.310 e. The van der Waals surface area contributed by atoms with E-state index in [1.807, 2.05) is 19.9 Å². The fourth-order valence-corrected chi connectivity index (χ4v) is 6.99. The van der Waals surface area contributed by atoms with Crippen LogP contribution in [0.25, 0.3) is 0 Å². The number of aliphatic hydroxyl groups excluding tert-OH is 2. The third-order valence-electron chi connectivity index (χ3n) is 9.09. The minimum Gasteiger partial charge on any atom is -0.502 e. The molecule has 6 unspecified atom stereocenters. The van der Waals surface area contributed by atoms with Gasteiger partial charge in [0.15, 0.2) is 35.6 Å². The van der Waals surface area contributed by atoms with E-state index in [-0.39, 0.29) is 37.3 Å². The number of hydrogen-bond donors (Lipinski definition) is 3. The summed E-state index contributed by atoms with van der Waals surface area (Å²) < 4.78 is 52.2. The summed E-state index contributed by atoms with van der Waals surface area (Å²) >= 11 is 0. The Morgan fingerprint density at radius 2 is 1.60 bits per heavy atom. The quantitative estimate of drug-likeness (QED) is 0.316. The van der Waals surface area contributed by atoms with Crippen LogP contribution in [0.2, 0.25) is 0 Å². The summed E-state index contributed by atoms with van der Waals surface area (Å²) in [4.78, 5) is 13.5. The van der Waals surface area contributed by atoms with Gasteiger partial charge in [0.1, 0.15) is 24.4 Å². The molecule has 3 saturated heterocycles. The normalized spacial score (nSPS) is 34.7. The Bertz CT molecular complexity index is 1480. The molecule has 4 heterocycles. The van der Waals surface area contributed by atoms with Crippen LogP contribution in [0.4, 0.5) is 0 Å². The van der Waals surface area contributed by atoms with Crippen molar-refractivity contribution in [3.05, 3.63) is 52.6 Å². The lowest BCUT2D eigenvalue weighted by atomic mass is 9.66. The van der Waals surface area contributed by atoms with Gasteiger partial charge in [0.05, 0.1) is 39.5 Å². The maximum atomic E-state index is 13.5. The number of rotatable bonds is 6. The predicted molar refractivity (Wildman–Crippen MR) is 152 cm³/mol. The molecular formula is C32H36O13. The first-order valence-corrected chi connectivity index (χ1v) is 14.8. The second-order valence-corrected chi connectivity index (χ2v) is 12.0. The molecule has 2 aromatic rings. The van der Waals surface area contributed by atoms with Crippen molar-refractivity contribution in [1.29, 1.82) is 0 Å². The summed E-state index contributed by atoms with van der Waals surface area (Å²) in [6.07, 6.45) is -5.32. The van der Waals surface area contributed by atoms with Crippen LogP contribution in [0.15, 0.2) is 35.9 Å². The highest BCUT2D eigenvalue weighted by Crippen LogP contribution is 2.57. The molecule has 0 radical (unpaired) electrons. The summed E-state index contributed by atoms with van der Waals surface area (Å²) in [5, 5.41) is 32.9. The van der Waals surface area contributed by atoms with Crippen molar-refractivity contribution in [3.8, 4) is 28.7 Å². The second kappa shape index (κ2) is 11.6. The lowest BCUT2D eigenvalue weighted by molar-refractivity contribution is -0.360. The van der Waals surface area contributed by atoms with Gasteiger partial charge in [-0.05, 0) is 60.9 Å². The van der Waals surface area contributed by atoms with E-state index < -0.39 is 66.8 Å². The number of fused-ring (bicyclic) bond motifs is 4. The number of aromatic hydroxyl groups is 1. The monoisotopic (exact) mass is 628 g/mol. The minimum atomic E-state index is -1.46. The number of aliphatic hydroxyl groups is 2. The Morgan fingerprint density at radius 1 is 0.911 bits per heavy atom. The SMILES string of the molecule is COc1cc([C@@H]2c3cc4c(cc3[C@@H](OC3OC5COC(C=C(C)C)OC5C(O)C3O)[C@H]3COC(=O)[C@H]23)OCO4)cc(OC)c1O. The number of esters is 1. The van der Waals surface area contributed by atoms with Crippen LogP contribution < -0.4 is 18.9 Å². The van der Waals surface area contributed by atoms with Crippen molar-refractivity contribution in [2.75, 3.05) is 34.2 Å². The first-order chi connectivity index (χ1) is 21.7. The average Bonchev–Trinajstić information content (AvgIpc) is 3.65. The highest BCUT2D eigenvalue weighted by molar-refractivity contribution is 5.79. The highest BCUT2D eigenvalue weighted by atomic mass is 16.8. The van der Waals surface area contributed by atoms with Crippen molar-refractivity contribution in [2.24, 2.45) is 11.8 Å². The second-order valence-electron chi connectivity index (χ2n) is 12.0. The summed E-state index contributed by atoms with van der Waals surface area (Å²) in [5.41, 5.74) is 2.98. The Balaban J connectivity index is 1.27. The van der Waals surface area contributed by atoms with E-state index in [4.69, 9.17) is 42.6 Å². The van der Waals surface area contributed by atoms with Crippen molar-refractivity contribution < 1.29 is 62.7 Å². The lowest BCUT2D eigenvalue weighted by Crippen LogP contribution is -2.63. The maximum absolute atomic E-state index is 13.5. The van der Waals surface area contributed by atoms with Gasteiger partial charge in [0, 0.05) is 11.8 Å². The van der Waals surface area contributed by atoms with Gasteiger partial charge in [-0.15, -0.1) is 0 Å². The predicted octanol–water partition coefficient (Wildman–Crippen LogP) is 2.28. The minimum absolute atomic E-state index is 0.0254. The third-order valence-corrected chi connectivity index (χ3v) is 9.09. The largest absolute Gasteiger partial charge is 0.502 e. The number of allylic oxidation sites excluding steroid dienone is 1. The van der Waals surface area contributed by atoms with E-state index in [0.29, 0.717) is 28.2 Å². The van der Waals surface area contributed by atoms with E-state index >= 15 is 0 Å². The molecule has 13 heteroatoms. The number of phenols is 1. The number of phenolic OH excluding ortho intramolecular Hbond substituents is 1. The van der Waals surface area contributed by atoms with Crippen molar-refractivity contribution in [2.45, 2.75) is 62.9 Å². The zero-order chi connectivity index (χ0) is 31.6. The number of hydrogen-bond acceptors (Lipinski definition) is 13. The van der Waals surface area contributed by atoms with Crippen LogP contribution >= 0.6 is 0 Å². The summed E-state index contributed by atoms with van der Waals surface area (Å²) in [6, 6.07) is 6.93. The van der Waals surface area contributed by atoms with Gasteiger partial charge < -0.3 is 58.0 Å². The average molecular weight is 629 g/mol. The van der Waals surface area contributed by atoms with Crippen molar-refractivity contribution >= 4 is 5.97 Å². The number of cyclic esters (lactones) is 1. The Hall–Kier alpha value is -3.59. The molecule has 1 aliphatic carbocycles. The molecule has 0 spiro atoms. The number of benzene rings is 2. The Kier molecular flexibility index (Phi) is 7.79. The molecule has 0 aromatic heterocycles. The smallest absolute Gasteiger partial charge is 0.310 e. The number of ether oxygens (including phenoxy) is 9. The molecule has 3 fully saturated rings. The highest BCUT2D eigenvalue weighted by Gasteiger charge is 2.56. The van der Waals surface area contributed by atoms with Crippen molar-refractivity contribution in [3.63, 3.8) is 0 Å². The van der Waals surface area contributed by atoms with Gasteiger partial charge in [-0.3, -0.25) is 4.79 Å². The third kappa shape index (κ3) is 5.07. The van der Waals surface area contributed by atoms with Crippen LogP contribution in [0, 0.1) is 11.8 Å². The molecule has 3 N–H and O–H groups in total. The summed E-state index contributed by atoms with van der Waals surface area (Å²) in [5.74, 6) is -1.07. The fraction of sp³-hybridized carbons (Fsp3) is 0.531. The molecule has 0 amide bonds. The van der Waals surface area contributed by atoms with Crippen LogP contribution in [0.3, 0.4) is 0 Å². The Morgan fingerprint density at radius 3 is 2.27 bits per heavy atom. The van der Waals surface area contributed by atoms with Crippen LogP contribution in [-0.4, -0.2) is 92.5 Å². The zero-order valence-electron chi connectivity index (χ0n) is 25.2. The molecule has 0 bridgehead atoms. The van der Waals surface area contributed by atoms with Gasteiger partial charge >= 0.3 is 5.97 Å². The standard InChI is InChI=1S/C32H36O13/c1-13(2)5-23-39-11-22-30(44-23)27(34)28(35)32(43-22)45-29-16-9-19-18(41-12-42-19)8-15(16)24(25-17(29)10-40-31(25)36)14-6-20(37-3)26(33)21(7-14)38-4/h5-9,17,22-25,27-30,32-35H,10-12H2,1-4H3/t17-,22?,23?,24+,25-,27?,28?,29+,30?,32?/m0/s1. The Labute approximate surface area is 259 Å². The first-order valence-electron chi connectivity index (χ1n) is 14.8. The van der Waals surface area contributed by atoms with E-state index in [0.717, 1.165) is 5.57 Å². The van der Waals surface area contributed by atoms with Crippen LogP contribution in [0.1, 0.15) is 42.6 Å². The zero-order valence-corrected chi connectivity index (χ0v) is 25.2. The van der Waals surface area contributed by atoms with Gasteiger partial charge in [0.25, 0.3) is 0 Å². The molecule has 0 saturated carbocycles. The van der Waals surface area contributed by atoms with Crippen molar-refractivity contribution in [1.82, 2.24) is 0 Å². The molecule has 4 aliphatic heterocycles. The van der Waals surface area contributed by atoms with Crippen LogP contribution in [-0.2, 0) is 28.5 Å². The topological polar surface area (TPSA) is 161 Å². The lowest BCUT2D eigenvalue weighted by Gasteiger charge is -2.47. The number of carbonyl (C=O) groups excluding carboxylic acids is 1. The fourth-order valence-electron chi connectivity index (χ4n) is 6.99. The van der Waals surface area contributed by atoms with E-state index in [1.54, 1.807) is 24.3 Å². The molecule has 242 valence electrons. The molecule has 13 nitrogen and oxygen atoms in total. The summed E-state index contributed by atoms with van der Waals surface area (Å²) in [7, 11) is 2.86. The molecule has 5 aliphatic rings. The van der Waals surface area contributed by atoms with E-state index in [2.05, 4.69) is 0 Å². The molecule has 2 aromatic carbocycles. The molecule has 7 rings (SSSR count). The molecule has 45 heavy (non-hydrogen) atoms. The van der Waals surface area contributed by atoms with Crippen LogP contribution in [0.5, 0.6) is 28.7 Å². The van der Waals surface area contributed by atoms with Gasteiger partial charge in [-0.25, -0.2) is 0 Å². The van der Waals surface area contributed by atoms with E-state index in [1.165, 1.54) is 14.2 Å². The van der Waals surface area contributed by atoms with Gasteiger partial charge in [-0.2, -0.15) is 0 Å². The molecular weight excluding hydrogens is 592 g/mol. The van der Waals surface area contributed by atoms with Gasteiger partial charge in [-0.1, -0.05) is 5.57 Å². The number of methoxy groups -OCH3 is 2. The first kappa shape index (κ1) is 30.1. The van der Waals surface area contributed by atoms with Gasteiger partial charge in [0.2, 0.25) is 12.5 Å². The summed E-state index contributed by atoms with van der Waals surface area (Å²) in [6.45, 7) is 3.99. The molecule has 10 atom stereocenters.